The van der Waals surface area contributed by atoms with Gasteiger partial charge in [-0.2, -0.15) is 0 Å². The van der Waals surface area contributed by atoms with Crippen LogP contribution in [0.25, 0.3) is 17.0 Å². The van der Waals surface area contributed by atoms with Gasteiger partial charge in [0, 0.05) is 35.6 Å². The second-order valence-electron chi connectivity index (χ2n) is 8.34. The van der Waals surface area contributed by atoms with E-state index in [-0.39, 0.29) is 23.9 Å². The van der Waals surface area contributed by atoms with E-state index in [2.05, 4.69) is 22.5 Å². The molecule has 2 aliphatic rings. The van der Waals surface area contributed by atoms with E-state index < -0.39 is 0 Å². The molecule has 5 nitrogen and oxygen atoms in total. The summed E-state index contributed by atoms with van der Waals surface area (Å²) in [5.74, 6) is -0.0379. The largest absolute Gasteiger partial charge is 0.351 e. The molecule has 1 aromatic heterocycles. The molecular weight excluding hydrogens is 374 g/mol. The molecule has 0 radical (unpaired) electrons. The Bertz CT molecular complexity index is 1120. The average Bonchev–Trinajstić information content (AvgIpc) is 3.19. The maximum atomic E-state index is 12.9. The normalized spacial score (nSPS) is 19.8. The number of aryl methyl sites for hydroxylation is 1. The molecule has 5 heteroatoms. The number of aromatic amines is 1. The number of carbonyl (C=O) groups is 2. The van der Waals surface area contributed by atoms with Crippen LogP contribution in [0.5, 0.6) is 0 Å². The summed E-state index contributed by atoms with van der Waals surface area (Å²) in [6.45, 7) is 0. The van der Waals surface area contributed by atoms with Crippen molar-refractivity contribution in [2.24, 2.45) is 0 Å². The minimum atomic E-state index is -0.0913. The van der Waals surface area contributed by atoms with Gasteiger partial charge in [0.05, 0.1) is 0 Å². The Kier molecular flexibility index (Phi) is 4.66. The van der Waals surface area contributed by atoms with Gasteiger partial charge in [0.2, 0.25) is 0 Å². The van der Waals surface area contributed by atoms with Crippen molar-refractivity contribution in [1.82, 2.24) is 15.2 Å². The third-order valence-corrected chi connectivity index (χ3v) is 6.36. The van der Waals surface area contributed by atoms with Crippen LogP contribution >= 0.6 is 0 Å². The summed E-state index contributed by atoms with van der Waals surface area (Å²) in [4.78, 5) is 30.5. The number of H-pyrrole nitrogens is 1. The molecule has 1 heterocycles. The number of nitrogens with zero attached hydrogens (tertiary/aromatic N) is 1. The Hall–Kier alpha value is -3.34. The number of amides is 2. The zero-order valence-corrected chi connectivity index (χ0v) is 17.0. The summed E-state index contributed by atoms with van der Waals surface area (Å²) in [5.41, 5.74) is 4.74. The number of aromatic nitrogens is 1. The Morgan fingerprint density at radius 1 is 1.10 bits per heavy atom. The molecule has 0 saturated heterocycles. The van der Waals surface area contributed by atoms with Crippen molar-refractivity contribution in [3.05, 3.63) is 77.0 Å². The van der Waals surface area contributed by atoms with Gasteiger partial charge >= 0.3 is 0 Å². The van der Waals surface area contributed by atoms with Crippen molar-refractivity contribution < 1.29 is 9.59 Å². The number of fused-ring (bicyclic) bond motifs is 2. The topological polar surface area (TPSA) is 65.2 Å². The fourth-order valence-electron chi connectivity index (χ4n) is 4.42. The fraction of sp³-hybridized carbons (Fsp3) is 0.280. The van der Waals surface area contributed by atoms with Gasteiger partial charge in [-0.15, -0.1) is 0 Å². The lowest BCUT2D eigenvalue weighted by atomic mass is 9.85. The van der Waals surface area contributed by atoms with Crippen LogP contribution in [0.4, 0.5) is 0 Å². The van der Waals surface area contributed by atoms with E-state index in [9.17, 15) is 9.59 Å². The van der Waals surface area contributed by atoms with Gasteiger partial charge in [0.1, 0.15) is 5.69 Å². The zero-order chi connectivity index (χ0) is 20.7. The van der Waals surface area contributed by atoms with Gasteiger partial charge in [-0.3, -0.25) is 9.59 Å². The van der Waals surface area contributed by atoms with Gasteiger partial charge in [-0.05, 0) is 61.1 Å². The third kappa shape index (κ3) is 3.41. The lowest BCUT2D eigenvalue weighted by Crippen LogP contribution is -2.54. The van der Waals surface area contributed by atoms with E-state index in [1.807, 2.05) is 60.5 Å². The number of hydrogen-bond acceptors (Lipinski definition) is 2. The van der Waals surface area contributed by atoms with Crippen molar-refractivity contribution in [2.75, 3.05) is 7.05 Å². The molecule has 2 amide bonds. The molecule has 1 saturated carbocycles. The number of rotatable bonds is 4. The van der Waals surface area contributed by atoms with Gasteiger partial charge in [0.25, 0.3) is 11.8 Å². The molecule has 5 rings (SSSR count). The van der Waals surface area contributed by atoms with Crippen molar-refractivity contribution in [3.8, 4) is 0 Å². The summed E-state index contributed by atoms with van der Waals surface area (Å²) in [6, 6.07) is 16.0. The van der Waals surface area contributed by atoms with Gasteiger partial charge in [0.15, 0.2) is 0 Å². The van der Waals surface area contributed by atoms with Gasteiger partial charge < -0.3 is 15.2 Å². The SMILES string of the molecule is CN(C(=O)c1ccc2c(c1)CCC=C2)C1CC(NC(=O)c2cc3ccccc3[nH]2)C1. The molecule has 152 valence electrons. The maximum absolute atomic E-state index is 12.9. The summed E-state index contributed by atoms with van der Waals surface area (Å²) in [6.07, 6.45) is 7.88. The molecule has 30 heavy (non-hydrogen) atoms. The van der Waals surface area contributed by atoms with Crippen LogP contribution in [0.15, 0.2) is 54.6 Å². The van der Waals surface area contributed by atoms with Crippen LogP contribution in [0.3, 0.4) is 0 Å². The summed E-state index contributed by atoms with van der Waals surface area (Å²) in [7, 11) is 1.86. The molecule has 0 bridgehead atoms. The first-order valence-corrected chi connectivity index (χ1v) is 10.5. The van der Waals surface area contributed by atoms with E-state index in [0.717, 1.165) is 42.1 Å². The van der Waals surface area contributed by atoms with E-state index in [4.69, 9.17) is 0 Å². The molecule has 3 aromatic rings. The predicted molar refractivity (Wildman–Crippen MR) is 118 cm³/mol. The van der Waals surface area contributed by atoms with Crippen molar-refractivity contribution >= 4 is 28.8 Å². The second kappa shape index (κ2) is 7.48. The highest BCUT2D eigenvalue weighted by Gasteiger charge is 2.35. The molecule has 0 atom stereocenters. The smallest absolute Gasteiger partial charge is 0.267 e. The molecule has 2 N–H and O–H groups in total. The fourth-order valence-corrected chi connectivity index (χ4v) is 4.42. The molecule has 0 unspecified atom stereocenters. The quantitative estimate of drug-likeness (QED) is 0.692. The molecule has 0 spiro atoms. The van der Waals surface area contributed by atoms with Gasteiger partial charge in [-0.1, -0.05) is 36.4 Å². The summed E-state index contributed by atoms with van der Waals surface area (Å²) < 4.78 is 0. The van der Waals surface area contributed by atoms with Crippen molar-refractivity contribution in [1.29, 1.82) is 0 Å². The van der Waals surface area contributed by atoms with E-state index in [1.54, 1.807) is 0 Å². The Morgan fingerprint density at radius 3 is 2.77 bits per heavy atom. The first kappa shape index (κ1) is 18.7. The minimum Gasteiger partial charge on any atom is -0.351 e. The molecule has 2 aromatic carbocycles. The van der Waals surface area contributed by atoms with Crippen LogP contribution in [-0.4, -0.2) is 40.8 Å². The lowest BCUT2D eigenvalue weighted by Gasteiger charge is -2.41. The highest BCUT2D eigenvalue weighted by molar-refractivity contribution is 5.98. The number of allylic oxidation sites excluding steroid dienone is 1. The zero-order valence-electron chi connectivity index (χ0n) is 17.0. The maximum Gasteiger partial charge on any atom is 0.267 e. The van der Waals surface area contributed by atoms with Crippen LogP contribution in [0, 0.1) is 0 Å². The first-order valence-electron chi connectivity index (χ1n) is 10.5. The van der Waals surface area contributed by atoms with Crippen LogP contribution in [0.1, 0.15) is 51.2 Å². The Balaban J connectivity index is 1.18. The number of nitrogens with one attached hydrogen (secondary N) is 2. The van der Waals surface area contributed by atoms with Crippen molar-refractivity contribution in [3.63, 3.8) is 0 Å². The third-order valence-electron chi connectivity index (χ3n) is 6.36. The lowest BCUT2D eigenvalue weighted by molar-refractivity contribution is 0.0583. The standard InChI is InChI=1S/C25H25N3O2/c1-28(25(30)19-11-10-16-6-2-3-7-17(16)12-19)21-14-20(15-21)26-24(29)23-13-18-8-4-5-9-22(18)27-23/h2,4-6,8-13,20-21,27H,3,7,14-15H2,1H3,(H,26,29). The Morgan fingerprint density at radius 2 is 1.93 bits per heavy atom. The first-order chi connectivity index (χ1) is 14.6. The number of hydrogen-bond donors (Lipinski definition) is 2. The summed E-state index contributed by atoms with van der Waals surface area (Å²) in [5, 5.41) is 4.11. The van der Waals surface area contributed by atoms with Crippen LogP contribution in [-0.2, 0) is 6.42 Å². The highest BCUT2D eigenvalue weighted by Crippen LogP contribution is 2.28. The molecule has 0 aliphatic heterocycles. The number of para-hydroxylation sites is 1. The molecule has 2 aliphatic carbocycles. The number of benzene rings is 2. The van der Waals surface area contributed by atoms with Crippen LogP contribution < -0.4 is 5.32 Å². The van der Waals surface area contributed by atoms with E-state index in [1.165, 1.54) is 11.1 Å². The van der Waals surface area contributed by atoms with Crippen molar-refractivity contribution in [2.45, 2.75) is 37.8 Å². The Labute approximate surface area is 175 Å². The van der Waals surface area contributed by atoms with E-state index in [0.29, 0.717) is 5.69 Å². The average molecular weight is 399 g/mol. The van der Waals surface area contributed by atoms with Crippen LogP contribution in [0.2, 0.25) is 0 Å². The monoisotopic (exact) mass is 399 g/mol. The highest BCUT2D eigenvalue weighted by atomic mass is 16.2. The summed E-state index contributed by atoms with van der Waals surface area (Å²) >= 11 is 0. The minimum absolute atomic E-state index is 0.0535. The predicted octanol–water partition coefficient (Wildman–Crippen LogP) is 4.16. The number of carbonyl (C=O) groups excluding carboxylic acids is 2. The molecule has 1 fully saturated rings. The second-order valence-corrected chi connectivity index (χ2v) is 8.34. The molecular formula is C25H25N3O2. The van der Waals surface area contributed by atoms with Gasteiger partial charge in [-0.25, -0.2) is 0 Å². The van der Waals surface area contributed by atoms with E-state index >= 15 is 0 Å².